The Morgan fingerprint density at radius 3 is 2.83 bits per heavy atom. The minimum Gasteiger partial charge on any atom is -0.367 e. The van der Waals surface area contributed by atoms with Gasteiger partial charge in [-0.15, -0.1) is 0 Å². The fourth-order valence-corrected chi connectivity index (χ4v) is 2.51. The first-order valence-electron chi connectivity index (χ1n) is 6.67. The molecule has 1 fully saturated rings. The van der Waals surface area contributed by atoms with Gasteiger partial charge < -0.3 is 10.2 Å². The number of piperidine rings is 1. The molecular weight excluding hydrogens is 248 g/mol. The van der Waals surface area contributed by atoms with Crippen LogP contribution < -0.4 is 5.32 Å². The summed E-state index contributed by atoms with van der Waals surface area (Å²) in [5, 5.41) is 3.80. The van der Waals surface area contributed by atoms with Gasteiger partial charge in [0.2, 0.25) is 5.28 Å². The van der Waals surface area contributed by atoms with E-state index in [1.165, 1.54) is 38.9 Å². The molecule has 0 amide bonds. The predicted octanol–water partition coefficient (Wildman–Crippen LogP) is 2.72. The molecule has 2 rings (SSSR count). The topological polar surface area (TPSA) is 41.0 Å². The standard InChI is InChI=1S/C13H21ClN4/c1-3-6-18-7-4-11(5-8-18)16-12-10(2)9-15-13(14)17-12/h9,11H,3-8H2,1-2H3,(H,15,16,17). The highest BCUT2D eigenvalue weighted by Gasteiger charge is 2.19. The van der Waals surface area contributed by atoms with Crippen molar-refractivity contribution in [3.63, 3.8) is 0 Å². The lowest BCUT2D eigenvalue weighted by Crippen LogP contribution is -2.39. The maximum Gasteiger partial charge on any atom is 0.224 e. The van der Waals surface area contributed by atoms with Crippen molar-refractivity contribution in [1.82, 2.24) is 14.9 Å². The van der Waals surface area contributed by atoms with E-state index in [0.29, 0.717) is 11.3 Å². The van der Waals surface area contributed by atoms with Crippen LogP contribution >= 0.6 is 11.6 Å². The van der Waals surface area contributed by atoms with Crippen LogP contribution in [0.2, 0.25) is 5.28 Å². The van der Waals surface area contributed by atoms with Gasteiger partial charge in [-0.25, -0.2) is 9.97 Å². The number of aromatic nitrogens is 2. The molecule has 1 N–H and O–H groups in total. The first-order valence-corrected chi connectivity index (χ1v) is 7.05. The van der Waals surface area contributed by atoms with E-state index in [0.717, 1.165) is 11.4 Å². The Bertz CT molecular complexity index is 389. The van der Waals surface area contributed by atoms with Crippen LogP contribution in [-0.2, 0) is 0 Å². The fraction of sp³-hybridized carbons (Fsp3) is 0.692. The van der Waals surface area contributed by atoms with Gasteiger partial charge in [-0.2, -0.15) is 0 Å². The van der Waals surface area contributed by atoms with E-state index in [4.69, 9.17) is 11.6 Å². The third-order valence-electron chi connectivity index (χ3n) is 3.41. The first-order chi connectivity index (χ1) is 8.69. The normalized spacial score (nSPS) is 17.9. The Labute approximate surface area is 114 Å². The molecule has 18 heavy (non-hydrogen) atoms. The molecule has 0 bridgehead atoms. The van der Waals surface area contributed by atoms with E-state index >= 15 is 0 Å². The molecule has 100 valence electrons. The zero-order valence-corrected chi connectivity index (χ0v) is 11.9. The van der Waals surface area contributed by atoms with Crippen molar-refractivity contribution in [2.45, 2.75) is 39.2 Å². The van der Waals surface area contributed by atoms with Gasteiger partial charge >= 0.3 is 0 Å². The summed E-state index contributed by atoms with van der Waals surface area (Å²) in [4.78, 5) is 10.8. The van der Waals surface area contributed by atoms with Crippen LogP contribution in [0.25, 0.3) is 0 Å². The summed E-state index contributed by atoms with van der Waals surface area (Å²) in [6.45, 7) is 7.79. The molecule has 1 aliphatic rings. The molecule has 4 nitrogen and oxygen atoms in total. The van der Waals surface area contributed by atoms with Crippen LogP contribution in [0.15, 0.2) is 6.20 Å². The fourth-order valence-electron chi connectivity index (χ4n) is 2.38. The zero-order chi connectivity index (χ0) is 13.0. The molecule has 0 radical (unpaired) electrons. The molecule has 0 unspecified atom stereocenters. The Morgan fingerprint density at radius 2 is 2.17 bits per heavy atom. The summed E-state index contributed by atoms with van der Waals surface area (Å²) >= 11 is 5.83. The van der Waals surface area contributed by atoms with Gasteiger partial charge in [-0.1, -0.05) is 6.92 Å². The molecule has 5 heteroatoms. The van der Waals surface area contributed by atoms with Gasteiger partial charge in [0, 0.05) is 30.9 Å². The number of hydrogen-bond acceptors (Lipinski definition) is 4. The Balaban J connectivity index is 1.89. The Morgan fingerprint density at radius 1 is 1.44 bits per heavy atom. The van der Waals surface area contributed by atoms with Crippen LogP contribution in [0.4, 0.5) is 5.82 Å². The molecule has 0 saturated carbocycles. The highest BCUT2D eigenvalue weighted by atomic mass is 35.5. The first kappa shape index (κ1) is 13.6. The summed E-state index contributed by atoms with van der Waals surface area (Å²) in [6.07, 6.45) is 5.34. The molecule has 1 aliphatic heterocycles. The third-order valence-corrected chi connectivity index (χ3v) is 3.59. The molecule has 1 aromatic rings. The highest BCUT2D eigenvalue weighted by Crippen LogP contribution is 2.18. The minimum absolute atomic E-state index is 0.312. The van der Waals surface area contributed by atoms with E-state index in [-0.39, 0.29) is 0 Å². The largest absolute Gasteiger partial charge is 0.367 e. The average Bonchev–Trinajstić information content (AvgIpc) is 2.37. The summed E-state index contributed by atoms with van der Waals surface area (Å²) in [5.41, 5.74) is 1.05. The van der Waals surface area contributed by atoms with E-state index in [2.05, 4.69) is 27.1 Å². The predicted molar refractivity (Wildman–Crippen MR) is 75.2 cm³/mol. The summed E-state index contributed by atoms with van der Waals surface area (Å²) in [7, 11) is 0. The molecule has 2 heterocycles. The van der Waals surface area contributed by atoms with Crippen LogP contribution in [0, 0.1) is 6.92 Å². The Hall–Kier alpha value is -0.870. The van der Waals surface area contributed by atoms with Crippen molar-refractivity contribution in [1.29, 1.82) is 0 Å². The van der Waals surface area contributed by atoms with E-state index in [1.807, 2.05) is 6.92 Å². The average molecular weight is 269 g/mol. The smallest absolute Gasteiger partial charge is 0.224 e. The van der Waals surface area contributed by atoms with Gasteiger partial charge in [0.1, 0.15) is 5.82 Å². The van der Waals surface area contributed by atoms with Crippen molar-refractivity contribution in [3.8, 4) is 0 Å². The van der Waals surface area contributed by atoms with E-state index in [9.17, 15) is 0 Å². The number of likely N-dealkylation sites (tertiary alicyclic amines) is 1. The number of anilines is 1. The quantitative estimate of drug-likeness (QED) is 0.853. The third kappa shape index (κ3) is 3.56. The van der Waals surface area contributed by atoms with Gasteiger partial charge in [-0.3, -0.25) is 0 Å². The van der Waals surface area contributed by atoms with Crippen molar-refractivity contribution in [2.75, 3.05) is 25.0 Å². The lowest BCUT2D eigenvalue weighted by Gasteiger charge is -2.32. The number of rotatable bonds is 4. The van der Waals surface area contributed by atoms with Crippen LogP contribution in [0.1, 0.15) is 31.7 Å². The number of halogens is 1. The molecule has 0 spiro atoms. The lowest BCUT2D eigenvalue weighted by atomic mass is 10.0. The second-order valence-corrected chi connectivity index (χ2v) is 5.27. The van der Waals surface area contributed by atoms with Crippen molar-refractivity contribution in [3.05, 3.63) is 17.0 Å². The van der Waals surface area contributed by atoms with Gasteiger partial charge in [-0.05, 0) is 44.3 Å². The van der Waals surface area contributed by atoms with Crippen LogP contribution in [0.3, 0.4) is 0 Å². The molecule has 1 saturated heterocycles. The molecule has 0 aromatic carbocycles. The summed E-state index contributed by atoms with van der Waals surface area (Å²) in [6, 6.07) is 0.503. The number of nitrogens with zero attached hydrogens (tertiary/aromatic N) is 3. The molecule has 0 atom stereocenters. The zero-order valence-electron chi connectivity index (χ0n) is 11.1. The molecular formula is C13H21ClN4. The Kier molecular flexibility index (Phi) is 4.78. The lowest BCUT2D eigenvalue weighted by molar-refractivity contribution is 0.219. The number of aryl methyl sites for hydroxylation is 1. The van der Waals surface area contributed by atoms with E-state index in [1.54, 1.807) is 6.20 Å². The van der Waals surface area contributed by atoms with Gasteiger partial charge in [0.25, 0.3) is 0 Å². The van der Waals surface area contributed by atoms with E-state index < -0.39 is 0 Å². The van der Waals surface area contributed by atoms with Crippen molar-refractivity contribution in [2.24, 2.45) is 0 Å². The highest BCUT2D eigenvalue weighted by molar-refractivity contribution is 6.28. The number of nitrogens with one attached hydrogen (secondary N) is 1. The summed E-state index contributed by atoms with van der Waals surface area (Å²) < 4.78 is 0. The second-order valence-electron chi connectivity index (χ2n) is 4.93. The second kappa shape index (κ2) is 6.34. The maximum atomic E-state index is 5.83. The van der Waals surface area contributed by atoms with Gasteiger partial charge in [0.05, 0.1) is 0 Å². The summed E-state index contributed by atoms with van der Waals surface area (Å²) in [5.74, 6) is 0.879. The number of hydrogen-bond donors (Lipinski definition) is 1. The minimum atomic E-state index is 0.312. The monoisotopic (exact) mass is 268 g/mol. The molecule has 0 aliphatic carbocycles. The maximum absolute atomic E-state index is 5.83. The molecule has 1 aromatic heterocycles. The van der Waals surface area contributed by atoms with Gasteiger partial charge in [0.15, 0.2) is 0 Å². The van der Waals surface area contributed by atoms with Crippen molar-refractivity contribution >= 4 is 17.4 Å². The van der Waals surface area contributed by atoms with Crippen LogP contribution in [-0.4, -0.2) is 40.5 Å². The SMILES string of the molecule is CCCN1CCC(Nc2nc(Cl)ncc2C)CC1. The van der Waals surface area contributed by atoms with Crippen LogP contribution in [0.5, 0.6) is 0 Å². The van der Waals surface area contributed by atoms with Crippen molar-refractivity contribution < 1.29 is 0 Å².